The molecule has 2 nitrogen and oxygen atoms in total. The van der Waals surface area contributed by atoms with Crippen molar-refractivity contribution in [3.05, 3.63) is 33.8 Å². The zero-order chi connectivity index (χ0) is 14.5. The van der Waals surface area contributed by atoms with Crippen molar-refractivity contribution in [3.63, 3.8) is 0 Å². The van der Waals surface area contributed by atoms with Gasteiger partial charge in [0.25, 0.3) is 0 Å². The van der Waals surface area contributed by atoms with Crippen LogP contribution < -0.4 is 5.32 Å². The average molecular weight is 315 g/mol. The van der Waals surface area contributed by atoms with Crippen molar-refractivity contribution >= 4 is 23.2 Å². The van der Waals surface area contributed by atoms with Crippen LogP contribution in [0, 0.1) is 5.92 Å². The van der Waals surface area contributed by atoms with Crippen molar-refractivity contribution in [3.8, 4) is 0 Å². The first-order valence-corrected chi connectivity index (χ1v) is 8.25. The number of halogens is 2. The number of nitrogens with zero attached hydrogens (tertiary/aromatic N) is 1. The number of benzene rings is 1. The Morgan fingerprint density at radius 3 is 2.80 bits per heavy atom. The van der Waals surface area contributed by atoms with E-state index in [9.17, 15) is 0 Å². The highest BCUT2D eigenvalue weighted by Crippen LogP contribution is 2.36. The quantitative estimate of drug-likeness (QED) is 0.811. The second-order valence-electron chi connectivity index (χ2n) is 5.71. The smallest absolute Gasteiger partial charge is 0.0595 e. The fourth-order valence-electron chi connectivity index (χ4n) is 3.16. The molecule has 1 fully saturated rings. The van der Waals surface area contributed by atoms with Gasteiger partial charge in [-0.3, -0.25) is 4.90 Å². The Morgan fingerprint density at radius 1 is 1.30 bits per heavy atom. The Kier molecular flexibility index (Phi) is 6.16. The Labute approximate surface area is 132 Å². The van der Waals surface area contributed by atoms with Crippen LogP contribution in [0.4, 0.5) is 0 Å². The molecule has 0 bridgehead atoms. The van der Waals surface area contributed by atoms with Crippen LogP contribution in [0.5, 0.6) is 0 Å². The van der Waals surface area contributed by atoms with E-state index < -0.39 is 0 Å². The van der Waals surface area contributed by atoms with Gasteiger partial charge in [-0.05, 0) is 69.6 Å². The van der Waals surface area contributed by atoms with E-state index >= 15 is 0 Å². The summed E-state index contributed by atoms with van der Waals surface area (Å²) < 4.78 is 0. The Bertz CT molecular complexity index is 436. The lowest BCUT2D eigenvalue weighted by molar-refractivity contribution is 0.119. The summed E-state index contributed by atoms with van der Waals surface area (Å²) in [5.41, 5.74) is 1.28. The van der Waals surface area contributed by atoms with Crippen LogP contribution in [-0.4, -0.2) is 31.6 Å². The molecule has 4 heteroatoms. The Morgan fingerprint density at radius 2 is 2.10 bits per heavy atom. The number of hydrogen-bond acceptors (Lipinski definition) is 2. The van der Waals surface area contributed by atoms with E-state index in [1.807, 2.05) is 12.1 Å². The van der Waals surface area contributed by atoms with Gasteiger partial charge in [-0.15, -0.1) is 0 Å². The van der Waals surface area contributed by atoms with Crippen molar-refractivity contribution in [2.45, 2.75) is 32.2 Å². The third-order valence-corrected chi connectivity index (χ3v) is 4.86. The Balaban J connectivity index is 2.15. The van der Waals surface area contributed by atoms with Crippen molar-refractivity contribution in [1.82, 2.24) is 10.2 Å². The summed E-state index contributed by atoms with van der Waals surface area (Å²) in [4.78, 5) is 2.45. The fraction of sp³-hybridized carbons (Fsp3) is 0.625. The molecule has 1 aliphatic rings. The lowest BCUT2D eigenvalue weighted by atomic mass is 9.85. The lowest BCUT2D eigenvalue weighted by Gasteiger charge is -2.40. The summed E-state index contributed by atoms with van der Waals surface area (Å²) in [5.74, 6) is 0.637. The molecule has 1 N–H and O–H groups in total. The summed E-state index contributed by atoms with van der Waals surface area (Å²) in [5, 5.41) is 4.86. The molecule has 0 saturated carbocycles. The van der Waals surface area contributed by atoms with Gasteiger partial charge in [-0.25, -0.2) is 0 Å². The van der Waals surface area contributed by atoms with Gasteiger partial charge >= 0.3 is 0 Å². The van der Waals surface area contributed by atoms with Crippen LogP contribution >= 0.6 is 23.2 Å². The van der Waals surface area contributed by atoms with Gasteiger partial charge in [0.2, 0.25) is 0 Å². The van der Waals surface area contributed by atoms with Gasteiger partial charge in [0.1, 0.15) is 0 Å². The molecule has 2 atom stereocenters. The zero-order valence-corrected chi connectivity index (χ0v) is 13.8. The maximum atomic E-state index is 6.19. The topological polar surface area (TPSA) is 15.3 Å². The second kappa shape index (κ2) is 7.65. The summed E-state index contributed by atoms with van der Waals surface area (Å²) in [6, 6.07) is 6.50. The normalized spacial score (nSPS) is 24.0. The predicted molar refractivity (Wildman–Crippen MR) is 87.7 cm³/mol. The second-order valence-corrected chi connectivity index (χ2v) is 6.52. The van der Waals surface area contributed by atoms with Crippen LogP contribution in [0.15, 0.2) is 18.2 Å². The van der Waals surface area contributed by atoms with Crippen molar-refractivity contribution in [1.29, 1.82) is 0 Å². The molecule has 1 aliphatic heterocycles. The van der Waals surface area contributed by atoms with Crippen LogP contribution in [0.25, 0.3) is 0 Å². The van der Waals surface area contributed by atoms with Gasteiger partial charge in [-0.2, -0.15) is 0 Å². The third kappa shape index (κ3) is 3.88. The fourth-order valence-corrected chi connectivity index (χ4v) is 3.47. The molecule has 1 aromatic carbocycles. The Hall–Kier alpha value is -0.280. The molecule has 20 heavy (non-hydrogen) atoms. The summed E-state index contributed by atoms with van der Waals surface area (Å²) in [6.07, 6.45) is 3.72. The molecule has 0 aromatic heterocycles. The van der Waals surface area contributed by atoms with Gasteiger partial charge in [-0.1, -0.05) is 36.2 Å². The molecule has 0 spiro atoms. The molecule has 2 rings (SSSR count). The maximum Gasteiger partial charge on any atom is 0.0595 e. The molecule has 0 amide bonds. The molecule has 112 valence electrons. The highest BCUT2D eigenvalue weighted by Gasteiger charge is 2.30. The van der Waals surface area contributed by atoms with Crippen LogP contribution in [0.1, 0.15) is 37.8 Å². The molecule has 0 aliphatic carbocycles. The predicted octanol–water partition coefficient (Wildman–Crippen LogP) is 4.38. The summed E-state index contributed by atoms with van der Waals surface area (Å²) >= 11 is 12.2. The first-order valence-electron chi connectivity index (χ1n) is 7.49. The average Bonchev–Trinajstić information content (AvgIpc) is 2.43. The van der Waals surface area contributed by atoms with Crippen LogP contribution in [0.3, 0.4) is 0 Å². The molecule has 1 saturated heterocycles. The van der Waals surface area contributed by atoms with E-state index in [4.69, 9.17) is 23.2 Å². The van der Waals surface area contributed by atoms with E-state index in [1.165, 1.54) is 24.8 Å². The molecule has 2 unspecified atom stereocenters. The standard InChI is InChI=1S/C16H24Cl2N2/c1-3-8-19-11-13-5-4-9-20(2)16(13)12-6-7-14(17)15(18)10-12/h6-7,10,13,16,19H,3-5,8-9,11H2,1-2H3. The minimum atomic E-state index is 0.433. The first kappa shape index (κ1) is 16.1. The van der Waals surface area contributed by atoms with E-state index in [0.29, 0.717) is 22.0 Å². The lowest BCUT2D eigenvalue weighted by Crippen LogP contribution is -2.40. The van der Waals surface area contributed by atoms with E-state index in [0.717, 1.165) is 19.6 Å². The highest BCUT2D eigenvalue weighted by atomic mass is 35.5. The minimum Gasteiger partial charge on any atom is -0.316 e. The SMILES string of the molecule is CCCNCC1CCCN(C)C1c1ccc(Cl)c(Cl)c1. The van der Waals surface area contributed by atoms with Crippen molar-refractivity contribution in [2.75, 3.05) is 26.7 Å². The summed E-state index contributed by atoms with van der Waals surface area (Å²) in [6.45, 7) is 5.52. The number of hydrogen-bond donors (Lipinski definition) is 1. The van der Waals surface area contributed by atoms with Gasteiger partial charge in [0.05, 0.1) is 10.0 Å². The van der Waals surface area contributed by atoms with Gasteiger partial charge in [0.15, 0.2) is 0 Å². The first-order chi connectivity index (χ1) is 9.63. The zero-order valence-electron chi connectivity index (χ0n) is 12.3. The maximum absolute atomic E-state index is 6.19. The summed E-state index contributed by atoms with van der Waals surface area (Å²) in [7, 11) is 2.21. The molecular formula is C16H24Cl2N2. The van der Waals surface area contributed by atoms with Crippen LogP contribution in [0.2, 0.25) is 10.0 Å². The highest BCUT2D eigenvalue weighted by molar-refractivity contribution is 6.42. The van der Waals surface area contributed by atoms with Gasteiger partial charge in [0, 0.05) is 6.04 Å². The number of likely N-dealkylation sites (tertiary alicyclic amines) is 1. The van der Waals surface area contributed by atoms with E-state index in [2.05, 4.69) is 30.3 Å². The molecule has 0 radical (unpaired) electrons. The van der Waals surface area contributed by atoms with Gasteiger partial charge < -0.3 is 5.32 Å². The molecule has 1 heterocycles. The van der Waals surface area contributed by atoms with Crippen LogP contribution in [-0.2, 0) is 0 Å². The monoisotopic (exact) mass is 314 g/mol. The van der Waals surface area contributed by atoms with E-state index in [-0.39, 0.29) is 0 Å². The minimum absolute atomic E-state index is 0.433. The third-order valence-electron chi connectivity index (χ3n) is 4.13. The largest absolute Gasteiger partial charge is 0.316 e. The molecular weight excluding hydrogens is 291 g/mol. The van der Waals surface area contributed by atoms with E-state index in [1.54, 1.807) is 0 Å². The van der Waals surface area contributed by atoms with Crippen molar-refractivity contribution < 1.29 is 0 Å². The number of piperidine rings is 1. The molecule has 1 aromatic rings. The number of nitrogens with one attached hydrogen (secondary N) is 1. The van der Waals surface area contributed by atoms with Crippen molar-refractivity contribution in [2.24, 2.45) is 5.92 Å². The number of rotatable bonds is 5.